The van der Waals surface area contributed by atoms with E-state index < -0.39 is 0 Å². The molecule has 0 fully saturated rings. The highest BCUT2D eigenvalue weighted by molar-refractivity contribution is 5.54. The summed E-state index contributed by atoms with van der Waals surface area (Å²) in [4.78, 5) is 7.92. The van der Waals surface area contributed by atoms with Crippen molar-refractivity contribution in [3.05, 3.63) is 30.5 Å². The van der Waals surface area contributed by atoms with Gasteiger partial charge in [0, 0.05) is 12.4 Å². The minimum absolute atomic E-state index is 0.270. The average molecular weight is 150 g/mol. The first-order chi connectivity index (χ1) is 5.47. The van der Waals surface area contributed by atoms with Gasteiger partial charge in [-0.3, -0.25) is 4.98 Å². The Hall–Kier alpha value is -1.58. The van der Waals surface area contributed by atoms with Crippen LogP contribution in [-0.2, 0) is 9.47 Å². The molecule has 1 aliphatic rings. The van der Waals surface area contributed by atoms with Crippen molar-refractivity contribution in [2.45, 2.75) is 0 Å². The first-order valence-electron chi connectivity index (χ1n) is 3.18. The minimum Gasteiger partial charge on any atom is -0.461 e. The van der Waals surface area contributed by atoms with Gasteiger partial charge in [-0.05, 0) is 0 Å². The molecule has 0 atom stereocenters. The van der Waals surface area contributed by atoms with Gasteiger partial charge in [0.1, 0.15) is 12.0 Å². The zero-order valence-corrected chi connectivity index (χ0v) is 5.73. The number of ether oxygens (including phenoxy) is 2. The molecule has 11 heavy (non-hydrogen) atoms. The van der Waals surface area contributed by atoms with Crippen LogP contribution < -0.4 is 0 Å². The summed E-state index contributed by atoms with van der Waals surface area (Å²) >= 11 is 0. The van der Waals surface area contributed by atoms with Gasteiger partial charge in [0.25, 0.3) is 0 Å². The first-order valence-corrected chi connectivity index (χ1v) is 3.18. The standard InChI is InChI=1S/C7H6N2O2/c1-2-9-6(3-8-1)7-4-10-5-11-7/h1-4H,5H2. The van der Waals surface area contributed by atoms with Crippen LogP contribution in [0.4, 0.5) is 0 Å². The van der Waals surface area contributed by atoms with Crippen molar-refractivity contribution < 1.29 is 9.47 Å². The van der Waals surface area contributed by atoms with E-state index in [2.05, 4.69) is 9.97 Å². The summed E-state index contributed by atoms with van der Waals surface area (Å²) in [5, 5.41) is 0. The lowest BCUT2D eigenvalue weighted by atomic mass is 10.4. The molecule has 0 saturated heterocycles. The Morgan fingerprint density at radius 1 is 1.36 bits per heavy atom. The van der Waals surface area contributed by atoms with Crippen LogP contribution in [0.3, 0.4) is 0 Å². The summed E-state index contributed by atoms with van der Waals surface area (Å²) in [6.45, 7) is 0.270. The first kappa shape index (κ1) is 6.15. The van der Waals surface area contributed by atoms with Crippen LogP contribution in [0.2, 0.25) is 0 Å². The molecule has 1 aromatic heterocycles. The average Bonchev–Trinajstić information content (AvgIpc) is 2.58. The number of aromatic nitrogens is 2. The van der Waals surface area contributed by atoms with E-state index in [-0.39, 0.29) is 6.79 Å². The lowest BCUT2D eigenvalue weighted by Crippen LogP contribution is -1.90. The van der Waals surface area contributed by atoms with E-state index in [1.165, 1.54) is 6.26 Å². The summed E-state index contributed by atoms with van der Waals surface area (Å²) in [6, 6.07) is 0. The van der Waals surface area contributed by atoms with Crippen molar-refractivity contribution in [1.29, 1.82) is 0 Å². The van der Waals surface area contributed by atoms with Crippen molar-refractivity contribution in [1.82, 2.24) is 9.97 Å². The Balaban J connectivity index is 2.29. The molecule has 56 valence electrons. The zero-order valence-electron chi connectivity index (χ0n) is 5.73. The smallest absolute Gasteiger partial charge is 0.230 e. The van der Waals surface area contributed by atoms with Gasteiger partial charge >= 0.3 is 0 Å². The molecular formula is C7H6N2O2. The molecule has 4 nitrogen and oxygen atoms in total. The Morgan fingerprint density at radius 2 is 2.36 bits per heavy atom. The third-order valence-corrected chi connectivity index (χ3v) is 1.29. The number of hydrogen-bond donors (Lipinski definition) is 0. The van der Waals surface area contributed by atoms with Crippen molar-refractivity contribution >= 4 is 5.76 Å². The monoisotopic (exact) mass is 150 g/mol. The van der Waals surface area contributed by atoms with E-state index in [9.17, 15) is 0 Å². The molecule has 0 N–H and O–H groups in total. The molecule has 0 spiro atoms. The van der Waals surface area contributed by atoms with Crippen LogP contribution in [-0.4, -0.2) is 16.8 Å². The molecule has 4 heteroatoms. The van der Waals surface area contributed by atoms with Crippen LogP contribution in [0, 0.1) is 0 Å². The summed E-state index contributed by atoms with van der Waals surface area (Å²) < 4.78 is 9.93. The Kier molecular flexibility index (Phi) is 1.44. The highest BCUT2D eigenvalue weighted by Crippen LogP contribution is 2.16. The third-order valence-electron chi connectivity index (χ3n) is 1.29. The molecule has 0 radical (unpaired) electrons. The topological polar surface area (TPSA) is 44.2 Å². The van der Waals surface area contributed by atoms with Crippen LogP contribution >= 0.6 is 0 Å². The van der Waals surface area contributed by atoms with Crippen molar-refractivity contribution in [3.8, 4) is 0 Å². The van der Waals surface area contributed by atoms with Gasteiger partial charge in [0.05, 0.1) is 6.20 Å². The SMILES string of the molecule is C1=C(c2cnccn2)OCO1. The molecule has 0 aliphatic carbocycles. The fourth-order valence-electron chi connectivity index (χ4n) is 0.802. The summed E-state index contributed by atoms with van der Waals surface area (Å²) in [7, 11) is 0. The second kappa shape index (κ2) is 2.57. The second-order valence-electron chi connectivity index (χ2n) is 2.00. The molecule has 2 rings (SSSR count). The quantitative estimate of drug-likeness (QED) is 0.593. The Morgan fingerprint density at radius 3 is 3.00 bits per heavy atom. The largest absolute Gasteiger partial charge is 0.461 e. The normalized spacial score (nSPS) is 15.1. The van der Waals surface area contributed by atoms with Gasteiger partial charge in [-0.2, -0.15) is 0 Å². The van der Waals surface area contributed by atoms with Gasteiger partial charge in [0.15, 0.2) is 5.76 Å². The van der Waals surface area contributed by atoms with Crippen molar-refractivity contribution in [3.63, 3.8) is 0 Å². The molecule has 0 bridgehead atoms. The molecule has 0 amide bonds. The van der Waals surface area contributed by atoms with Crippen LogP contribution in [0.5, 0.6) is 0 Å². The highest BCUT2D eigenvalue weighted by Gasteiger charge is 2.09. The van der Waals surface area contributed by atoms with Gasteiger partial charge < -0.3 is 9.47 Å². The zero-order chi connectivity index (χ0) is 7.52. The summed E-state index contributed by atoms with van der Waals surface area (Å²) in [5.74, 6) is 0.637. The maximum absolute atomic E-state index is 5.08. The Labute approximate surface area is 63.5 Å². The lowest BCUT2D eigenvalue weighted by Gasteiger charge is -1.96. The Bertz CT molecular complexity index is 271. The van der Waals surface area contributed by atoms with Gasteiger partial charge in [-0.25, -0.2) is 4.98 Å². The van der Waals surface area contributed by atoms with Gasteiger partial charge in [-0.15, -0.1) is 0 Å². The van der Waals surface area contributed by atoms with E-state index in [1.54, 1.807) is 18.6 Å². The van der Waals surface area contributed by atoms with E-state index in [1.807, 2.05) is 0 Å². The fourth-order valence-corrected chi connectivity index (χ4v) is 0.802. The maximum atomic E-state index is 5.08. The molecular weight excluding hydrogens is 144 g/mol. The van der Waals surface area contributed by atoms with E-state index >= 15 is 0 Å². The lowest BCUT2D eigenvalue weighted by molar-refractivity contribution is 0.100. The number of rotatable bonds is 1. The number of nitrogens with zero attached hydrogens (tertiary/aromatic N) is 2. The molecule has 2 heterocycles. The highest BCUT2D eigenvalue weighted by atomic mass is 16.7. The second-order valence-corrected chi connectivity index (χ2v) is 2.00. The maximum Gasteiger partial charge on any atom is 0.230 e. The molecule has 1 aliphatic heterocycles. The summed E-state index contributed by atoms with van der Waals surface area (Å²) in [6.07, 6.45) is 6.38. The minimum atomic E-state index is 0.270. The predicted molar refractivity (Wildman–Crippen MR) is 37.0 cm³/mol. The van der Waals surface area contributed by atoms with Gasteiger partial charge in [-0.1, -0.05) is 0 Å². The summed E-state index contributed by atoms with van der Waals surface area (Å²) in [5.41, 5.74) is 0.699. The van der Waals surface area contributed by atoms with E-state index in [4.69, 9.17) is 9.47 Å². The van der Waals surface area contributed by atoms with E-state index in [0.717, 1.165) is 0 Å². The fraction of sp³-hybridized carbons (Fsp3) is 0.143. The predicted octanol–water partition coefficient (Wildman–Crippen LogP) is 0.779. The van der Waals surface area contributed by atoms with Gasteiger partial charge in [0.2, 0.25) is 6.79 Å². The molecule has 1 aromatic rings. The van der Waals surface area contributed by atoms with Crippen molar-refractivity contribution in [2.24, 2.45) is 0 Å². The third kappa shape index (κ3) is 1.14. The van der Waals surface area contributed by atoms with E-state index in [0.29, 0.717) is 11.5 Å². The van der Waals surface area contributed by atoms with Crippen molar-refractivity contribution in [2.75, 3.05) is 6.79 Å². The molecule has 0 aromatic carbocycles. The van der Waals surface area contributed by atoms with Crippen LogP contribution in [0.25, 0.3) is 5.76 Å². The van der Waals surface area contributed by atoms with Crippen LogP contribution in [0.1, 0.15) is 5.69 Å². The number of hydrogen-bond acceptors (Lipinski definition) is 4. The van der Waals surface area contributed by atoms with Crippen LogP contribution in [0.15, 0.2) is 24.9 Å². The molecule has 0 unspecified atom stereocenters. The molecule has 0 saturated carbocycles.